The number of hydrogen-bond donors (Lipinski definition) is 2. The molecule has 130 valence electrons. The second-order valence-electron chi connectivity index (χ2n) is 7.14. The van der Waals surface area contributed by atoms with Crippen molar-refractivity contribution in [2.45, 2.75) is 66.2 Å². The van der Waals surface area contributed by atoms with Crippen LogP contribution in [0.4, 0.5) is 10.5 Å². The zero-order valence-corrected chi connectivity index (χ0v) is 15.1. The maximum Gasteiger partial charge on any atom is 0.409 e. The predicted molar refractivity (Wildman–Crippen MR) is 98.0 cm³/mol. The minimum absolute atomic E-state index is 0.618. The Hall–Kier alpha value is -1.51. The topological polar surface area (TPSA) is 49.3 Å². The SMILES string of the molecule is CC1CCC(C(C)C)CC1.CCCc1ccc(NC(=O)O)cc1. The Balaban J connectivity index is 0.000000238. The first-order chi connectivity index (χ1) is 10.9. The van der Waals surface area contributed by atoms with Gasteiger partial charge in [0.1, 0.15) is 0 Å². The summed E-state index contributed by atoms with van der Waals surface area (Å²) in [5.74, 6) is 2.97. The average molecular weight is 319 g/mol. The molecule has 0 bridgehead atoms. The molecule has 1 aromatic carbocycles. The van der Waals surface area contributed by atoms with E-state index >= 15 is 0 Å². The standard InChI is InChI=1S/C10H13NO2.C10H20/c1-2-3-8-4-6-9(7-5-8)11-10(12)13;1-8(2)10-6-4-9(3)5-7-10/h4-7,11H,2-3H2,1H3,(H,12,13);8-10H,4-7H2,1-3H3. The van der Waals surface area contributed by atoms with Crippen molar-refractivity contribution in [1.82, 2.24) is 0 Å². The van der Waals surface area contributed by atoms with Crippen LogP contribution in [-0.2, 0) is 6.42 Å². The van der Waals surface area contributed by atoms with Crippen molar-refractivity contribution in [3.63, 3.8) is 0 Å². The third-order valence-corrected chi connectivity index (χ3v) is 4.75. The minimum Gasteiger partial charge on any atom is -0.465 e. The van der Waals surface area contributed by atoms with Crippen molar-refractivity contribution in [3.8, 4) is 0 Å². The molecule has 0 radical (unpaired) electrons. The van der Waals surface area contributed by atoms with E-state index in [0.717, 1.165) is 30.6 Å². The van der Waals surface area contributed by atoms with Crippen LogP contribution in [0.3, 0.4) is 0 Å². The first-order valence-corrected chi connectivity index (χ1v) is 9.01. The predicted octanol–water partition coefficient (Wildman–Crippen LogP) is 6.20. The van der Waals surface area contributed by atoms with Crippen molar-refractivity contribution < 1.29 is 9.90 Å². The molecule has 1 aliphatic carbocycles. The largest absolute Gasteiger partial charge is 0.465 e. The van der Waals surface area contributed by atoms with Gasteiger partial charge in [0.2, 0.25) is 0 Å². The van der Waals surface area contributed by atoms with E-state index in [9.17, 15) is 4.79 Å². The van der Waals surface area contributed by atoms with E-state index in [1.54, 1.807) is 12.1 Å². The lowest BCUT2D eigenvalue weighted by molar-refractivity contribution is 0.209. The Morgan fingerprint density at radius 2 is 1.74 bits per heavy atom. The highest BCUT2D eigenvalue weighted by Gasteiger charge is 2.20. The van der Waals surface area contributed by atoms with Gasteiger partial charge in [-0.1, -0.05) is 59.1 Å². The van der Waals surface area contributed by atoms with E-state index in [-0.39, 0.29) is 0 Å². The Bertz CT molecular complexity index is 445. The van der Waals surface area contributed by atoms with Gasteiger partial charge in [-0.3, -0.25) is 5.32 Å². The number of aryl methyl sites for hydroxylation is 1. The summed E-state index contributed by atoms with van der Waals surface area (Å²) in [5.41, 5.74) is 1.85. The summed E-state index contributed by atoms with van der Waals surface area (Å²) in [6.07, 6.45) is 7.03. The van der Waals surface area contributed by atoms with E-state index < -0.39 is 6.09 Å². The van der Waals surface area contributed by atoms with Gasteiger partial charge in [-0.25, -0.2) is 4.79 Å². The summed E-state index contributed by atoms with van der Waals surface area (Å²) in [6, 6.07) is 7.43. The summed E-state index contributed by atoms with van der Waals surface area (Å²) in [6.45, 7) is 9.22. The first-order valence-electron chi connectivity index (χ1n) is 9.01. The van der Waals surface area contributed by atoms with Crippen LogP contribution in [0.1, 0.15) is 65.4 Å². The van der Waals surface area contributed by atoms with Gasteiger partial charge in [-0.2, -0.15) is 0 Å². The van der Waals surface area contributed by atoms with Crippen LogP contribution >= 0.6 is 0 Å². The summed E-state index contributed by atoms with van der Waals surface area (Å²) in [5, 5.41) is 10.7. The van der Waals surface area contributed by atoms with Crippen molar-refractivity contribution in [2.75, 3.05) is 5.32 Å². The maximum atomic E-state index is 10.3. The molecule has 3 nitrogen and oxygen atoms in total. The molecule has 3 heteroatoms. The van der Waals surface area contributed by atoms with E-state index in [2.05, 4.69) is 33.0 Å². The van der Waals surface area contributed by atoms with Crippen LogP contribution in [0, 0.1) is 17.8 Å². The zero-order valence-electron chi connectivity index (χ0n) is 15.1. The van der Waals surface area contributed by atoms with Crippen LogP contribution in [0.15, 0.2) is 24.3 Å². The third-order valence-electron chi connectivity index (χ3n) is 4.75. The number of nitrogens with one attached hydrogen (secondary N) is 1. The van der Waals surface area contributed by atoms with Crippen LogP contribution in [0.25, 0.3) is 0 Å². The molecule has 1 saturated carbocycles. The van der Waals surface area contributed by atoms with Crippen LogP contribution in [0.5, 0.6) is 0 Å². The molecule has 2 N–H and O–H groups in total. The fraction of sp³-hybridized carbons (Fsp3) is 0.650. The van der Waals surface area contributed by atoms with E-state index in [1.807, 2.05) is 12.1 Å². The van der Waals surface area contributed by atoms with Crippen molar-refractivity contribution in [1.29, 1.82) is 0 Å². The lowest BCUT2D eigenvalue weighted by atomic mass is 9.78. The van der Waals surface area contributed by atoms with Crippen LogP contribution in [0.2, 0.25) is 0 Å². The normalized spacial score (nSPS) is 20.6. The molecule has 0 aliphatic heterocycles. The van der Waals surface area contributed by atoms with Crippen LogP contribution < -0.4 is 5.32 Å². The summed E-state index contributed by atoms with van der Waals surface area (Å²) >= 11 is 0. The molecule has 0 aromatic heterocycles. The van der Waals surface area contributed by atoms with Gasteiger partial charge in [0.05, 0.1) is 0 Å². The summed E-state index contributed by atoms with van der Waals surface area (Å²) in [4.78, 5) is 10.3. The molecular weight excluding hydrogens is 286 g/mol. The zero-order chi connectivity index (χ0) is 17.2. The highest BCUT2D eigenvalue weighted by Crippen LogP contribution is 2.32. The lowest BCUT2D eigenvalue weighted by Gasteiger charge is -2.28. The number of carbonyl (C=O) groups is 1. The summed E-state index contributed by atoms with van der Waals surface area (Å²) in [7, 11) is 0. The lowest BCUT2D eigenvalue weighted by Crippen LogP contribution is -2.16. The minimum atomic E-state index is -1.02. The fourth-order valence-corrected chi connectivity index (χ4v) is 3.12. The Morgan fingerprint density at radius 1 is 1.17 bits per heavy atom. The molecule has 1 aliphatic rings. The second kappa shape index (κ2) is 10.3. The third kappa shape index (κ3) is 8.06. The number of hydrogen-bond acceptors (Lipinski definition) is 1. The molecule has 23 heavy (non-hydrogen) atoms. The number of amides is 1. The quantitative estimate of drug-likeness (QED) is 0.694. The highest BCUT2D eigenvalue weighted by atomic mass is 16.4. The van der Waals surface area contributed by atoms with Gasteiger partial charge < -0.3 is 5.11 Å². The van der Waals surface area contributed by atoms with E-state index in [1.165, 1.54) is 31.2 Å². The van der Waals surface area contributed by atoms with Crippen molar-refractivity contribution in [3.05, 3.63) is 29.8 Å². The second-order valence-corrected chi connectivity index (χ2v) is 7.14. The molecule has 0 atom stereocenters. The van der Waals surface area contributed by atoms with E-state index in [4.69, 9.17) is 5.11 Å². The number of carboxylic acid groups (broad SMARTS) is 1. The molecule has 1 aromatic rings. The molecule has 1 amide bonds. The number of anilines is 1. The number of rotatable bonds is 4. The van der Waals surface area contributed by atoms with Gasteiger partial charge >= 0.3 is 6.09 Å². The molecule has 2 rings (SSSR count). The molecule has 0 heterocycles. The molecule has 0 spiro atoms. The Labute approximate surface area is 141 Å². The Kier molecular flexibility index (Phi) is 8.75. The highest BCUT2D eigenvalue weighted by molar-refractivity contribution is 5.82. The Morgan fingerprint density at radius 3 is 2.17 bits per heavy atom. The smallest absolute Gasteiger partial charge is 0.409 e. The van der Waals surface area contributed by atoms with Gasteiger partial charge in [-0.05, 0) is 54.7 Å². The number of benzene rings is 1. The van der Waals surface area contributed by atoms with Gasteiger partial charge in [0.25, 0.3) is 0 Å². The van der Waals surface area contributed by atoms with Gasteiger partial charge in [0, 0.05) is 5.69 Å². The first kappa shape index (κ1) is 19.5. The van der Waals surface area contributed by atoms with Crippen molar-refractivity contribution in [2.24, 2.45) is 17.8 Å². The molecule has 0 saturated heterocycles. The average Bonchev–Trinajstić information content (AvgIpc) is 2.50. The fourth-order valence-electron chi connectivity index (χ4n) is 3.12. The molecule has 1 fully saturated rings. The monoisotopic (exact) mass is 319 g/mol. The van der Waals surface area contributed by atoms with Gasteiger partial charge in [0.15, 0.2) is 0 Å². The van der Waals surface area contributed by atoms with Crippen molar-refractivity contribution >= 4 is 11.8 Å². The van der Waals surface area contributed by atoms with E-state index in [0.29, 0.717) is 5.69 Å². The maximum absolute atomic E-state index is 10.3. The summed E-state index contributed by atoms with van der Waals surface area (Å²) < 4.78 is 0. The molecule has 0 unspecified atom stereocenters. The molecular formula is C20H33NO2. The van der Waals surface area contributed by atoms with Gasteiger partial charge in [-0.15, -0.1) is 0 Å². The van der Waals surface area contributed by atoms with Crippen LogP contribution in [-0.4, -0.2) is 11.2 Å².